The molecule has 0 heterocycles. The maximum atomic E-state index is 13.4. The van der Waals surface area contributed by atoms with Gasteiger partial charge in [-0.1, -0.05) is 55.6 Å². The first-order valence-electron chi connectivity index (χ1n) is 12.0. The predicted molar refractivity (Wildman–Crippen MR) is 138 cm³/mol. The summed E-state index contributed by atoms with van der Waals surface area (Å²) in [6.07, 6.45) is 6.20. The van der Waals surface area contributed by atoms with Gasteiger partial charge in [0.2, 0.25) is 11.8 Å². The molecule has 2 amide bonds. The standard InChI is InChI=1S/C27H35ClN2O2S/c1-3-25(27(32)29-23-11-6-7-12-23)30(19-21-10-5-4-9-20(21)2)26(31)13-8-18-33-24-16-14-22(28)15-17-24/h4-5,9-10,14-17,23,25H,3,6-8,11-13,18-19H2,1-2H3,(H,29,32). The monoisotopic (exact) mass is 486 g/mol. The molecular weight excluding hydrogens is 452 g/mol. The summed E-state index contributed by atoms with van der Waals surface area (Å²) in [6.45, 7) is 4.51. The lowest BCUT2D eigenvalue weighted by Crippen LogP contribution is -2.51. The number of carbonyl (C=O) groups is 2. The molecule has 1 saturated carbocycles. The minimum Gasteiger partial charge on any atom is -0.352 e. The Balaban J connectivity index is 1.65. The smallest absolute Gasteiger partial charge is 0.243 e. The number of nitrogens with one attached hydrogen (secondary N) is 1. The van der Waals surface area contributed by atoms with E-state index in [0.717, 1.165) is 46.1 Å². The largest absolute Gasteiger partial charge is 0.352 e. The van der Waals surface area contributed by atoms with Gasteiger partial charge in [0.15, 0.2) is 0 Å². The summed E-state index contributed by atoms with van der Waals surface area (Å²) in [7, 11) is 0. The van der Waals surface area contributed by atoms with Crippen LogP contribution in [-0.4, -0.2) is 34.6 Å². The van der Waals surface area contributed by atoms with Crippen LogP contribution in [0.2, 0.25) is 5.02 Å². The van der Waals surface area contributed by atoms with Crippen molar-refractivity contribution in [2.45, 2.75) is 82.3 Å². The molecule has 4 nitrogen and oxygen atoms in total. The second-order valence-corrected chi connectivity index (χ2v) is 10.4. The number of amides is 2. The molecule has 2 aromatic carbocycles. The Hall–Kier alpha value is -1.98. The summed E-state index contributed by atoms with van der Waals surface area (Å²) >= 11 is 7.68. The van der Waals surface area contributed by atoms with Crippen LogP contribution in [0.15, 0.2) is 53.4 Å². The van der Waals surface area contributed by atoms with Gasteiger partial charge in [0.05, 0.1) is 0 Å². The average Bonchev–Trinajstić information content (AvgIpc) is 3.32. The Morgan fingerprint density at radius 1 is 1.12 bits per heavy atom. The van der Waals surface area contributed by atoms with E-state index < -0.39 is 6.04 Å². The molecule has 1 N–H and O–H groups in total. The number of hydrogen-bond donors (Lipinski definition) is 1. The summed E-state index contributed by atoms with van der Waals surface area (Å²) in [5, 5.41) is 3.94. The van der Waals surface area contributed by atoms with E-state index in [9.17, 15) is 9.59 Å². The van der Waals surface area contributed by atoms with Crippen molar-refractivity contribution in [1.82, 2.24) is 10.2 Å². The fourth-order valence-electron chi connectivity index (χ4n) is 4.35. The van der Waals surface area contributed by atoms with Crippen LogP contribution in [0.25, 0.3) is 0 Å². The average molecular weight is 487 g/mol. The van der Waals surface area contributed by atoms with Crippen molar-refractivity contribution in [2.75, 3.05) is 5.75 Å². The van der Waals surface area contributed by atoms with Gasteiger partial charge in [-0.3, -0.25) is 9.59 Å². The molecule has 0 aliphatic heterocycles. The molecule has 1 fully saturated rings. The van der Waals surface area contributed by atoms with Gasteiger partial charge in [-0.05, 0) is 73.8 Å². The van der Waals surface area contributed by atoms with Crippen LogP contribution in [0, 0.1) is 6.92 Å². The van der Waals surface area contributed by atoms with Crippen molar-refractivity contribution in [3.63, 3.8) is 0 Å². The van der Waals surface area contributed by atoms with Crippen molar-refractivity contribution >= 4 is 35.2 Å². The van der Waals surface area contributed by atoms with E-state index in [1.165, 1.54) is 12.8 Å². The minimum atomic E-state index is -0.443. The molecule has 0 aromatic heterocycles. The maximum absolute atomic E-state index is 13.4. The molecule has 1 unspecified atom stereocenters. The second kappa shape index (κ2) is 13.0. The Kier molecular flexibility index (Phi) is 10.1. The van der Waals surface area contributed by atoms with Gasteiger partial charge in [0.25, 0.3) is 0 Å². The van der Waals surface area contributed by atoms with E-state index in [1.54, 1.807) is 16.7 Å². The number of rotatable bonds is 11. The van der Waals surface area contributed by atoms with Crippen LogP contribution in [0.1, 0.15) is 63.0 Å². The minimum absolute atomic E-state index is 0.0122. The second-order valence-electron chi connectivity index (χ2n) is 8.77. The van der Waals surface area contributed by atoms with Gasteiger partial charge >= 0.3 is 0 Å². The molecule has 0 saturated heterocycles. The van der Waals surface area contributed by atoms with Gasteiger partial charge in [0.1, 0.15) is 6.04 Å². The van der Waals surface area contributed by atoms with Crippen molar-refractivity contribution in [2.24, 2.45) is 0 Å². The van der Waals surface area contributed by atoms with Crippen molar-refractivity contribution < 1.29 is 9.59 Å². The Morgan fingerprint density at radius 3 is 2.48 bits per heavy atom. The van der Waals surface area contributed by atoms with Crippen LogP contribution in [0.5, 0.6) is 0 Å². The molecule has 0 radical (unpaired) electrons. The molecule has 0 bridgehead atoms. The van der Waals surface area contributed by atoms with Gasteiger partial charge in [-0.25, -0.2) is 0 Å². The van der Waals surface area contributed by atoms with E-state index >= 15 is 0 Å². The molecule has 33 heavy (non-hydrogen) atoms. The van der Waals surface area contributed by atoms with Crippen molar-refractivity contribution in [3.8, 4) is 0 Å². The van der Waals surface area contributed by atoms with Crippen LogP contribution >= 0.6 is 23.4 Å². The third-order valence-electron chi connectivity index (χ3n) is 6.31. The number of aryl methyl sites for hydroxylation is 1. The highest BCUT2D eigenvalue weighted by Gasteiger charge is 2.30. The molecule has 1 atom stereocenters. The highest BCUT2D eigenvalue weighted by Crippen LogP contribution is 2.23. The molecule has 2 aromatic rings. The fraction of sp³-hybridized carbons (Fsp3) is 0.481. The fourth-order valence-corrected chi connectivity index (χ4v) is 5.32. The number of carbonyl (C=O) groups excluding carboxylic acids is 2. The molecule has 6 heteroatoms. The summed E-state index contributed by atoms with van der Waals surface area (Å²) in [4.78, 5) is 29.5. The van der Waals surface area contributed by atoms with Crippen molar-refractivity contribution in [3.05, 3.63) is 64.7 Å². The van der Waals surface area contributed by atoms with Crippen molar-refractivity contribution in [1.29, 1.82) is 0 Å². The summed E-state index contributed by atoms with van der Waals surface area (Å²) in [5.41, 5.74) is 2.23. The topological polar surface area (TPSA) is 49.4 Å². The zero-order chi connectivity index (χ0) is 23.6. The number of benzene rings is 2. The number of nitrogens with zero attached hydrogens (tertiary/aromatic N) is 1. The van der Waals surface area contributed by atoms with Crippen LogP contribution in [-0.2, 0) is 16.1 Å². The zero-order valence-corrected chi connectivity index (χ0v) is 21.3. The molecule has 0 spiro atoms. The van der Waals surface area contributed by atoms with E-state index in [2.05, 4.69) is 18.3 Å². The summed E-state index contributed by atoms with van der Waals surface area (Å²) < 4.78 is 0. The van der Waals surface area contributed by atoms with Gasteiger partial charge in [0, 0.05) is 28.9 Å². The molecule has 1 aliphatic carbocycles. The third-order valence-corrected chi connectivity index (χ3v) is 7.66. The number of thioether (sulfide) groups is 1. The SMILES string of the molecule is CCC(C(=O)NC1CCCC1)N(Cc1ccccc1C)C(=O)CCCSc1ccc(Cl)cc1. The van der Waals surface area contributed by atoms with Crippen LogP contribution in [0.3, 0.4) is 0 Å². The Labute approximate surface area is 207 Å². The van der Waals surface area contributed by atoms with Gasteiger partial charge < -0.3 is 10.2 Å². The number of hydrogen-bond acceptors (Lipinski definition) is 3. The lowest BCUT2D eigenvalue weighted by molar-refractivity contribution is -0.141. The van der Waals surface area contributed by atoms with E-state index in [1.807, 2.05) is 49.4 Å². The van der Waals surface area contributed by atoms with E-state index in [0.29, 0.717) is 19.4 Å². The molecule has 1 aliphatic rings. The summed E-state index contributed by atoms with van der Waals surface area (Å²) in [6, 6.07) is 15.7. The molecule has 178 valence electrons. The Bertz CT molecular complexity index is 913. The highest BCUT2D eigenvalue weighted by molar-refractivity contribution is 7.99. The molecule has 3 rings (SSSR count). The Morgan fingerprint density at radius 2 is 1.82 bits per heavy atom. The number of halogens is 1. The normalized spacial score (nSPS) is 14.8. The van der Waals surface area contributed by atoms with Gasteiger partial charge in [-0.2, -0.15) is 0 Å². The maximum Gasteiger partial charge on any atom is 0.243 e. The van der Waals surface area contributed by atoms with Crippen LogP contribution in [0.4, 0.5) is 0 Å². The highest BCUT2D eigenvalue weighted by atomic mass is 35.5. The first-order chi connectivity index (χ1) is 16.0. The molecular formula is C27H35ClN2O2S. The summed E-state index contributed by atoms with van der Waals surface area (Å²) in [5.74, 6) is 0.877. The van der Waals surface area contributed by atoms with E-state index in [-0.39, 0.29) is 17.9 Å². The van der Waals surface area contributed by atoms with E-state index in [4.69, 9.17) is 11.6 Å². The lowest BCUT2D eigenvalue weighted by Gasteiger charge is -2.32. The van der Waals surface area contributed by atoms with Crippen LogP contribution < -0.4 is 5.32 Å². The lowest BCUT2D eigenvalue weighted by atomic mass is 10.0. The zero-order valence-electron chi connectivity index (χ0n) is 19.7. The first-order valence-corrected chi connectivity index (χ1v) is 13.4. The third kappa shape index (κ3) is 7.79. The van der Waals surface area contributed by atoms with Gasteiger partial charge in [-0.15, -0.1) is 11.8 Å². The predicted octanol–water partition coefficient (Wildman–Crippen LogP) is 6.39. The quantitative estimate of drug-likeness (QED) is 0.296. The first kappa shape index (κ1) is 25.6.